The van der Waals surface area contributed by atoms with E-state index < -0.39 is 0 Å². The van der Waals surface area contributed by atoms with Crippen molar-refractivity contribution in [3.63, 3.8) is 0 Å². The highest BCUT2D eigenvalue weighted by Crippen LogP contribution is 2.01. The van der Waals surface area contributed by atoms with Crippen LogP contribution in [0.4, 0.5) is 0 Å². The minimum Gasteiger partial charge on any atom is -0.466 e. The Kier molecular flexibility index (Phi) is 14.1. The molecule has 0 radical (unpaired) electrons. The van der Waals surface area contributed by atoms with Gasteiger partial charge in [0.05, 0.1) is 7.11 Å². The summed E-state index contributed by atoms with van der Waals surface area (Å²) < 4.78 is 4.27. The molecular weight excluding hydrogens is 188 g/mol. The van der Waals surface area contributed by atoms with Gasteiger partial charge in [0.15, 0.2) is 0 Å². The van der Waals surface area contributed by atoms with Gasteiger partial charge in [-0.05, 0) is 19.8 Å². The molecule has 2 nitrogen and oxygen atoms in total. The molecule has 0 amide bonds. The van der Waals surface area contributed by atoms with E-state index in [4.69, 9.17) is 0 Å². The van der Waals surface area contributed by atoms with Gasteiger partial charge < -0.3 is 4.74 Å². The third-order valence-electron chi connectivity index (χ3n) is 1.80. The highest BCUT2D eigenvalue weighted by molar-refractivity contribution is 5.86. The number of allylic oxidation sites excluding steroid dienone is 1. The van der Waals surface area contributed by atoms with E-state index in [-0.39, 0.29) is 5.97 Å². The van der Waals surface area contributed by atoms with Gasteiger partial charge >= 0.3 is 5.97 Å². The maximum absolute atomic E-state index is 10.2. The monoisotopic (exact) mass is 212 g/mol. The fourth-order valence-corrected chi connectivity index (χ4v) is 0.890. The molecule has 88 valence electrons. The molecule has 2 heteroatoms. The molecule has 0 N–H and O–H groups in total. The van der Waals surface area contributed by atoms with Crippen molar-refractivity contribution in [3.05, 3.63) is 24.8 Å². The number of methoxy groups -OCH3 is 1. The molecule has 0 saturated heterocycles. The molecule has 0 rings (SSSR count). The summed E-state index contributed by atoms with van der Waals surface area (Å²) in [6.45, 7) is 10.8. The summed E-state index contributed by atoms with van der Waals surface area (Å²) in [6, 6.07) is 0. The lowest BCUT2D eigenvalue weighted by Gasteiger charge is -1.91. The zero-order valence-electron chi connectivity index (χ0n) is 10.3. The topological polar surface area (TPSA) is 26.3 Å². The molecule has 0 bridgehead atoms. The lowest BCUT2D eigenvalue weighted by molar-refractivity contribution is -0.136. The van der Waals surface area contributed by atoms with Crippen molar-refractivity contribution in [2.75, 3.05) is 7.11 Å². The molecule has 0 atom stereocenters. The molecule has 0 aliphatic rings. The summed E-state index contributed by atoms with van der Waals surface area (Å²) >= 11 is 0. The largest absolute Gasteiger partial charge is 0.466 e. The average molecular weight is 212 g/mol. The Bertz CT molecular complexity index is 183. The third-order valence-corrected chi connectivity index (χ3v) is 1.80. The zero-order chi connectivity index (χ0) is 12.1. The smallest absolute Gasteiger partial charge is 0.332 e. The van der Waals surface area contributed by atoms with Crippen LogP contribution < -0.4 is 0 Å². The second-order valence-corrected chi connectivity index (χ2v) is 3.41. The number of esters is 1. The Morgan fingerprint density at radius 1 is 1.33 bits per heavy atom. The fraction of sp³-hybridized carbons (Fsp3) is 0.615. The second kappa shape index (κ2) is 12.9. The van der Waals surface area contributed by atoms with Gasteiger partial charge in [0.2, 0.25) is 0 Å². The second-order valence-electron chi connectivity index (χ2n) is 3.41. The molecule has 0 unspecified atom stereocenters. The van der Waals surface area contributed by atoms with Crippen molar-refractivity contribution < 1.29 is 9.53 Å². The predicted octanol–water partition coefficient (Wildman–Crippen LogP) is 3.88. The number of hydrogen-bond donors (Lipinski definition) is 0. The number of unbranched alkanes of at least 4 members (excludes halogenated alkanes) is 4. The van der Waals surface area contributed by atoms with E-state index in [0.29, 0.717) is 5.57 Å². The van der Waals surface area contributed by atoms with Crippen LogP contribution in [0, 0.1) is 0 Å². The lowest BCUT2D eigenvalue weighted by atomic mass is 10.2. The maximum atomic E-state index is 10.2. The van der Waals surface area contributed by atoms with Gasteiger partial charge in [-0.1, -0.05) is 38.8 Å². The molecule has 0 aromatic rings. The van der Waals surface area contributed by atoms with E-state index in [0.717, 1.165) is 0 Å². The highest BCUT2D eigenvalue weighted by Gasteiger charge is 1.95. The van der Waals surface area contributed by atoms with Crippen LogP contribution in [-0.4, -0.2) is 13.1 Å². The van der Waals surface area contributed by atoms with Crippen molar-refractivity contribution in [1.29, 1.82) is 0 Å². The highest BCUT2D eigenvalue weighted by atomic mass is 16.5. The molecule has 15 heavy (non-hydrogen) atoms. The first kappa shape index (κ1) is 16.4. The summed E-state index contributed by atoms with van der Waals surface area (Å²) in [5.74, 6) is -0.347. The van der Waals surface area contributed by atoms with Crippen LogP contribution >= 0.6 is 0 Å². The van der Waals surface area contributed by atoms with E-state index in [1.807, 2.05) is 6.08 Å². The average Bonchev–Trinajstić information content (AvgIpc) is 2.24. The van der Waals surface area contributed by atoms with E-state index in [9.17, 15) is 4.79 Å². The van der Waals surface area contributed by atoms with Crippen LogP contribution in [0.25, 0.3) is 0 Å². The molecule has 0 aromatic carbocycles. The van der Waals surface area contributed by atoms with Gasteiger partial charge in [-0.25, -0.2) is 4.79 Å². The number of carbonyl (C=O) groups is 1. The summed E-state index contributed by atoms with van der Waals surface area (Å²) in [5, 5.41) is 0. The summed E-state index contributed by atoms with van der Waals surface area (Å²) in [7, 11) is 1.33. The molecule has 0 saturated carbocycles. The predicted molar refractivity (Wildman–Crippen MR) is 65.8 cm³/mol. The minimum atomic E-state index is -0.347. The molecule has 0 aliphatic carbocycles. The van der Waals surface area contributed by atoms with Crippen LogP contribution in [-0.2, 0) is 9.53 Å². The van der Waals surface area contributed by atoms with Gasteiger partial charge in [0, 0.05) is 5.57 Å². The first-order chi connectivity index (χ1) is 7.09. The summed E-state index contributed by atoms with van der Waals surface area (Å²) in [5.41, 5.74) is 0.433. The number of rotatable bonds is 6. The summed E-state index contributed by atoms with van der Waals surface area (Å²) in [6.07, 6.45) is 8.61. The molecule has 0 aromatic heterocycles. The number of hydrogen-bond acceptors (Lipinski definition) is 2. The number of ether oxygens (including phenoxy) is 1. The first-order valence-corrected chi connectivity index (χ1v) is 5.44. The van der Waals surface area contributed by atoms with Crippen molar-refractivity contribution in [1.82, 2.24) is 0 Å². The quantitative estimate of drug-likeness (QED) is 0.289. The fourth-order valence-electron chi connectivity index (χ4n) is 0.890. The van der Waals surface area contributed by atoms with Crippen molar-refractivity contribution in [3.8, 4) is 0 Å². The van der Waals surface area contributed by atoms with E-state index >= 15 is 0 Å². The summed E-state index contributed by atoms with van der Waals surface area (Å²) in [4.78, 5) is 10.2. The van der Waals surface area contributed by atoms with Gasteiger partial charge in [0.1, 0.15) is 0 Å². The van der Waals surface area contributed by atoms with Gasteiger partial charge in [0.25, 0.3) is 0 Å². The van der Waals surface area contributed by atoms with E-state index in [1.165, 1.54) is 39.2 Å². The first-order valence-electron chi connectivity index (χ1n) is 5.44. The van der Waals surface area contributed by atoms with Gasteiger partial charge in [-0.15, -0.1) is 6.58 Å². The normalized spacial score (nSPS) is 8.47. The van der Waals surface area contributed by atoms with Crippen molar-refractivity contribution >= 4 is 5.97 Å². The van der Waals surface area contributed by atoms with Crippen LogP contribution in [0.15, 0.2) is 24.8 Å². The zero-order valence-corrected chi connectivity index (χ0v) is 10.3. The Labute approximate surface area is 94.0 Å². The van der Waals surface area contributed by atoms with Gasteiger partial charge in [-0.3, -0.25) is 0 Å². The van der Waals surface area contributed by atoms with Crippen LogP contribution in [0.1, 0.15) is 46.0 Å². The maximum Gasteiger partial charge on any atom is 0.332 e. The van der Waals surface area contributed by atoms with Crippen LogP contribution in [0.5, 0.6) is 0 Å². The third kappa shape index (κ3) is 15.7. The molecular formula is C13H24O2. The van der Waals surface area contributed by atoms with Crippen LogP contribution in [0.2, 0.25) is 0 Å². The lowest BCUT2D eigenvalue weighted by Crippen LogP contribution is -1.98. The molecule has 0 aliphatic heterocycles. The van der Waals surface area contributed by atoms with E-state index in [2.05, 4.69) is 24.8 Å². The SMILES string of the molecule is C=C(C)C(=O)OC.C=CCCCCCC. The van der Waals surface area contributed by atoms with Crippen LogP contribution in [0.3, 0.4) is 0 Å². The standard InChI is InChI=1S/C8H16.C5H8O2/c1-3-5-7-8-6-4-2;1-4(2)5(6)7-3/h3H,1,4-8H2,2H3;1H2,2-3H3. The molecule has 0 fully saturated rings. The molecule has 0 heterocycles. The van der Waals surface area contributed by atoms with E-state index in [1.54, 1.807) is 6.92 Å². The Morgan fingerprint density at radius 2 is 1.93 bits per heavy atom. The molecule has 0 spiro atoms. The minimum absolute atomic E-state index is 0.347. The Morgan fingerprint density at radius 3 is 2.20 bits per heavy atom. The Balaban J connectivity index is 0. The Hall–Kier alpha value is -1.05. The van der Waals surface area contributed by atoms with Crippen molar-refractivity contribution in [2.45, 2.75) is 46.0 Å². The van der Waals surface area contributed by atoms with Gasteiger partial charge in [-0.2, -0.15) is 0 Å². The number of carbonyl (C=O) groups excluding carboxylic acids is 1. The van der Waals surface area contributed by atoms with Crippen molar-refractivity contribution in [2.24, 2.45) is 0 Å².